The molecule has 0 unspecified atom stereocenters. The van der Waals surface area contributed by atoms with E-state index in [9.17, 15) is 17.8 Å². The van der Waals surface area contributed by atoms with Gasteiger partial charge in [0.1, 0.15) is 10.1 Å². The van der Waals surface area contributed by atoms with Crippen LogP contribution in [-0.4, -0.2) is 30.3 Å². The van der Waals surface area contributed by atoms with Crippen molar-refractivity contribution >= 4 is 16.1 Å². The predicted octanol–water partition coefficient (Wildman–Crippen LogP) is 2.99. The number of carbonyl (C=O) groups is 1. The first kappa shape index (κ1) is 16.8. The summed E-state index contributed by atoms with van der Waals surface area (Å²) in [5, 5.41) is 0. The molecule has 0 aromatic rings. The first-order valence-corrected chi connectivity index (χ1v) is 10.9. The van der Waals surface area contributed by atoms with Gasteiger partial charge >= 0.3 is 5.97 Å². The zero-order valence-corrected chi connectivity index (χ0v) is 15.0. The molecule has 0 atom stereocenters. The van der Waals surface area contributed by atoms with E-state index in [1.807, 2.05) is 0 Å². The Kier molecular flexibility index (Phi) is 3.99. The topological polar surface area (TPSA) is 83.5 Å². The summed E-state index contributed by atoms with van der Waals surface area (Å²) in [6, 6.07) is 0. The van der Waals surface area contributed by atoms with Crippen molar-refractivity contribution in [2.75, 3.05) is 6.61 Å². The molecule has 0 aromatic carbocycles. The lowest BCUT2D eigenvalue weighted by atomic mass is 9.50. The number of hydrogen-bond acceptors (Lipinski definition) is 5. The Morgan fingerprint density at radius 2 is 1.46 bits per heavy atom. The van der Waals surface area contributed by atoms with Crippen LogP contribution in [0, 0.1) is 23.2 Å². The summed E-state index contributed by atoms with van der Waals surface area (Å²) in [6.07, 6.45) is 9.57. The molecule has 0 aromatic heterocycles. The predicted molar refractivity (Wildman–Crippen MR) is 87.1 cm³/mol. The SMILES string of the molecule is O=C(OCC12CC3CC(CC(C3)C1)C2)C1(S(=O)(=O)[O-])CCCCC1. The Morgan fingerprint density at radius 3 is 1.92 bits per heavy atom. The van der Waals surface area contributed by atoms with Gasteiger partial charge in [-0.1, -0.05) is 19.3 Å². The lowest BCUT2D eigenvalue weighted by molar-refractivity contribution is -0.159. The van der Waals surface area contributed by atoms with Crippen molar-refractivity contribution in [3.8, 4) is 0 Å². The maximum Gasteiger partial charge on any atom is 0.326 e. The van der Waals surface area contributed by atoms with Gasteiger partial charge in [0.2, 0.25) is 0 Å². The van der Waals surface area contributed by atoms with Crippen LogP contribution in [0.25, 0.3) is 0 Å². The number of carbonyl (C=O) groups excluding carboxylic acids is 1. The van der Waals surface area contributed by atoms with Crippen LogP contribution in [0.15, 0.2) is 0 Å². The van der Waals surface area contributed by atoms with Crippen LogP contribution in [0.2, 0.25) is 0 Å². The molecule has 5 aliphatic rings. The van der Waals surface area contributed by atoms with Crippen molar-refractivity contribution in [2.24, 2.45) is 23.2 Å². The summed E-state index contributed by atoms with van der Waals surface area (Å²) in [7, 11) is -4.69. The van der Waals surface area contributed by atoms with E-state index in [4.69, 9.17) is 4.74 Å². The van der Waals surface area contributed by atoms with E-state index < -0.39 is 20.8 Å². The van der Waals surface area contributed by atoms with Gasteiger partial charge in [0.25, 0.3) is 0 Å². The summed E-state index contributed by atoms with van der Waals surface area (Å²) >= 11 is 0. The van der Waals surface area contributed by atoms with Gasteiger partial charge in [0, 0.05) is 5.41 Å². The van der Waals surface area contributed by atoms with Gasteiger partial charge in [0.05, 0.1) is 6.61 Å². The van der Waals surface area contributed by atoms with E-state index in [0.29, 0.717) is 19.4 Å². The van der Waals surface area contributed by atoms with E-state index >= 15 is 0 Å². The fourth-order valence-electron chi connectivity index (χ4n) is 6.50. The van der Waals surface area contributed by atoms with Crippen LogP contribution in [-0.2, 0) is 19.6 Å². The molecule has 0 aliphatic heterocycles. The van der Waals surface area contributed by atoms with Gasteiger partial charge in [-0.3, -0.25) is 4.79 Å². The van der Waals surface area contributed by atoms with E-state index in [0.717, 1.165) is 43.4 Å². The van der Waals surface area contributed by atoms with Gasteiger partial charge in [0.15, 0.2) is 4.75 Å². The highest BCUT2D eigenvalue weighted by molar-refractivity contribution is 7.88. The third kappa shape index (κ3) is 2.70. The van der Waals surface area contributed by atoms with Crippen molar-refractivity contribution < 1.29 is 22.5 Å². The minimum Gasteiger partial charge on any atom is -0.747 e. The van der Waals surface area contributed by atoms with Crippen LogP contribution in [0.4, 0.5) is 0 Å². The van der Waals surface area contributed by atoms with Crippen LogP contribution < -0.4 is 0 Å². The van der Waals surface area contributed by atoms with Gasteiger partial charge < -0.3 is 9.29 Å². The van der Waals surface area contributed by atoms with Crippen LogP contribution in [0.1, 0.15) is 70.6 Å². The second kappa shape index (κ2) is 5.70. The summed E-state index contributed by atoms with van der Waals surface area (Å²) in [6.45, 7) is 0.312. The first-order valence-electron chi connectivity index (χ1n) is 9.45. The molecule has 5 rings (SSSR count). The second-order valence-electron chi connectivity index (χ2n) is 9.00. The molecule has 0 radical (unpaired) electrons. The zero-order valence-electron chi connectivity index (χ0n) is 14.2. The highest BCUT2D eigenvalue weighted by Crippen LogP contribution is 2.60. The molecule has 0 heterocycles. The molecule has 136 valence electrons. The van der Waals surface area contributed by atoms with Crippen LogP contribution in [0.3, 0.4) is 0 Å². The largest absolute Gasteiger partial charge is 0.747 e. The molecule has 6 heteroatoms. The van der Waals surface area contributed by atoms with E-state index in [2.05, 4.69) is 0 Å². The smallest absolute Gasteiger partial charge is 0.326 e. The fourth-order valence-corrected chi connectivity index (χ4v) is 7.55. The Bertz CT molecular complexity index is 582. The molecule has 5 fully saturated rings. The molecule has 4 bridgehead atoms. The Hall–Kier alpha value is -0.620. The van der Waals surface area contributed by atoms with Crippen molar-refractivity contribution in [2.45, 2.75) is 75.4 Å². The van der Waals surface area contributed by atoms with Crippen molar-refractivity contribution in [3.63, 3.8) is 0 Å². The summed E-state index contributed by atoms with van der Waals surface area (Å²) in [5.74, 6) is 1.48. The normalized spacial score (nSPS) is 40.5. The molecular weight excluding hydrogens is 328 g/mol. The Labute approximate surface area is 144 Å². The van der Waals surface area contributed by atoms with E-state index in [-0.39, 0.29) is 18.3 Å². The summed E-state index contributed by atoms with van der Waals surface area (Å²) < 4.78 is 39.2. The minimum atomic E-state index is -4.69. The maximum atomic E-state index is 12.7. The molecule has 0 saturated heterocycles. The third-order valence-electron chi connectivity index (χ3n) is 7.19. The summed E-state index contributed by atoms with van der Waals surface area (Å²) in [4.78, 5) is 12.7. The van der Waals surface area contributed by atoms with Crippen molar-refractivity contribution in [3.05, 3.63) is 0 Å². The quantitative estimate of drug-likeness (QED) is 0.572. The molecule has 0 N–H and O–H groups in total. The Balaban J connectivity index is 1.48. The van der Waals surface area contributed by atoms with Crippen LogP contribution >= 0.6 is 0 Å². The lowest BCUT2D eigenvalue weighted by Crippen LogP contribution is -2.52. The number of esters is 1. The fraction of sp³-hybridized carbons (Fsp3) is 0.944. The maximum absolute atomic E-state index is 12.7. The van der Waals surface area contributed by atoms with Gasteiger partial charge in [-0.25, -0.2) is 8.42 Å². The van der Waals surface area contributed by atoms with E-state index in [1.165, 1.54) is 19.3 Å². The molecule has 0 amide bonds. The highest BCUT2D eigenvalue weighted by Gasteiger charge is 2.53. The third-order valence-corrected chi connectivity index (χ3v) is 8.72. The van der Waals surface area contributed by atoms with Gasteiger partial charge in [-0.2, -0.15) is 0 Å². The number of ether oxygens (including phenoxy) is 1. The molecule has 24 heavy (non-hydrogen) atoms. The van der Waals surface area contributed by atoms with Gasteiger partial charge in [-0.15, -0.1) is 0 Å². The van der Waals surface area contributed by atoms with Gasteiger partial charge in [-0.05, 0) is 69.1 Å². The minimum absolute atomic E-state index is 0.0485. The molecular formula is C18H27O5S-. The molecule has 0 spiro atoms. The van der Waals surface area contributed by atoms with Crippen molar-refractivity contribution in [1.82, 2.24) is 0 Å². The average molecular weight is 355 g/mol. The first-order chi connectivity index (χ1) is 11.3. The monoisotopic (exact) mass is 355 g/mol. The molecule has 5 aliphatic carbocycles. The highest BCUT2D eigenvalue weighted by atomic mass is 32.2. The number of rotatable bonds is 4. The average Bonchev–Trinajstić information content (AvgIpc) is 2.51. The number of hydrogen-bond donors (Lipinski definition) is 0. The summed E-state index contributed by atoms with van der Waals surface area (Å²) in [5.41, 5.74) is 0.0485. The molecule has 5 nitrogen and oxygen atoms in total. The van der Waals surface area contributed by atoms with Crippen LogP contribution in [0.5, 0.6) is 0 Å². The Morgan fingerprint density at radius 1 is 0.958 bits per heavy atom. The standard InChI is InChI=1S/C18H28O5S/c19-16(18(24(20,21)22)4-2-1-3-5-18)23-12-17-9-13-6-14(10-17)8-15(7-13)11-17/h13-15H,1-12H2,(H,20,21,22)/p-1. The zero-order chi connectivity index (χ0) is 17.0. The molecule has 5 saturated carbocycles. The van der Waals surface area contributed by atoms with E-state index in [1.54, 1.807) is 0 Å². The second-order valence-corrected chi connectivity index (χ2v) is 10.7. The lowest BCUT2D eigenvalue weighted by Gasteiger charge is -2.56. The van der Waals surface area contributed by atoms with Crippen molar-refractivity contribution in [1.29, 1.82) is 0 Å².